The van der Waals surface area contributed by atoms with Gasteiger partial charge in [-0.2, -0.15) is 5.26 Å². The normalized spacial score (nSPS) is 13.6. The second-order valence-electron chi connectivity index (χ2n) is 6.65. The molecule has 1 aromatic carbocycles. The number of carbonyl (C=O) groups is 1. The van der Waals surface area contributed by atoms with Gasteiger partial charge in [0.1, 0.15) is 16.8 Å². The molecule has 0 unspecified atom stereocenters. The number of nitrogens with one attached hydrogen (secondary N) is 1. The molecule has 28 heavy (non-hydrogen) atoms. The summed E-state index contributed by atoms with van der Waals surface area (Å²) in [6.07, 6.45) is 6.60. The Morgan fingerprint density at radius 2 is 2.07 bits per heavy atom. The summed E-state index contributed by atoms with van der Waals surface area (Å²) >= 11 is 7.24. The second-order valence-corrected chi connectivity index (χ2v) is 8.05. The topological polar surface area (TPSA) is 75.0 Å². The van der Waals surface area contributed by atoms with E-state index in [2.05, 4.69) is 11.4 Å². The van der Waals surface area contributed by atoms with Gasteiger partial charge in [-0.15, -0.1) is 0 Å². The van der Waals surface area contributed by atoms with Crippen LogP contribution < -0.4 is 10.1 Å². The van der Waals surface area contributed by atoms with Crippen molar-refractivity contribution in [1.29, 1.82) is 5.26 Å². The Balaban J connectivity index is 1.70. The number of carbonyl (C=O) groups excluding carboxylic acids is 1. The lowest BCUT2D eigenvalue weighted by Gasteiger charge is -2.15. The quantitative estimate of drug-likeness (QED) is 0.695. The lowest BCUT2D eigenvalue weighted by atomic mass is 9.96. The van der Waals surface area contributed by atoms with Crippen LogP contribution in [0.1, 0.15) is 42.5 Å². The van der Waals surface area contributed by atoms with Crippen molar-refractivity contribution in [3.63, 3.8) is 0 Å². The molecule has 0 fully saturated rings. The van der Waals surface area contributed by atoms with Crippen LogP contribution >= 0.6 is 23.4 Å². The number of hydrogen-bond donors (Lipinski definition) is 1. The first kappa shape index (κ1) is 20.5. The van der Waals surface area contributed by atoms with Gasteiger partial charge in [0.25, 0.3) is 0 Å². The van der Waals surface area contributed by atoms with E-state index in [0.29, 0.717) is 27.0 Å². The molecule has 146 valence electrons. The molecular weight excluding hydrogens is 394 g/mol. The summed E-state index contributed by atoms with van der Waals surface area (Å²) in [7, 11) is 1.52. The van der Waals surface area contributed by atoms with Gasteiger partial charge in [0.2, 0.25) is 5.91 Å². The Morgan fingerprint density at radius 1 is 1.29 bits per heavy atom. The number of rotatable bonds is 5. The fourth-order valence-corrected chi connectivity index (χ4v) is 4.18. The number of halogens is 1. The molecular formula is C21H22ClN3O2S. The van der Waals surface area contributed by atoms with E-state index in [4.69, 9.17) is 21.3 Å². The highest BCUT2D eigenvalue weighted by Gasteiger charge is 2.16. The van der Waals surface area contributed by atoms with Gasteiger partial charge in [-0.1, -0.05) is 36.2 Å². The summed E-state index contributed by atoms with van der Waals surface area (Å²) in [6, 6.07) is 9.23. The Labute approximate surface area is 174 Å². The van der Waals surface area contributed by atoms with Gasteiger partial charge in [0, 0.05) is 16.8 Å². The first-order chi connectivity index (χ1) is 13.6. The maximum atomic E-state index is 12.4. The van der Waals surface area contributed by atoms with E-state index in [1.54, 1.807) is 18.2 Å². The zero-order valence-electron chi connectivity index (χ0n) is 15.8. The molecule has 1 aromatic heterocycles. The number of anilines is 1. The van der Waals surface area contributed by atoms with Crippen molar-refractivity contribution < 1.29 is 9.53 Å². The molecule has 1 amide bonds. The summed E-state index contributed by atoms with van der Waals surface area (Å²) in [4.78, 5) is 17.1. The molecule has 1 aliphatic carbocycles. The van der Waals surface area contributed by atoms with Crippen molar-refractivity contribution in [2.24, 2.45) is 0 Å². The van der Waals surface area contributed by atoms with Crippen LogP contribution in [0.4, 0.5) is 5.69 Å². The van der Waals surface area contributed by atoms with Crippen molar-refractivity contribution in [2.45, 2.75) is 43.6 Å². The average Bonchev–Trinajstić information content (AvgIpc) is 2.68. The minimum Gasteiger partial charge on any atom is -0.495 e. The number of aryl methyl sites for hydroxylation is 2. The van der Waals surface area contributed by atoms with Crippen LogP contribution in [0.25, 0.3) is 0 Å². The van der Waals surface area contributed by atoms with Gasteiger partial charge < -0.3 is 10.1 Å². The zero-order valence-corrected chi connectivity index (χ0v) is 17.3. The van der Waals surface area contributed by atoms with Gasteiger partial charge in [-0.25, -0.2) is 4.98 Å². The summed E-state index contributed by atoms with van der Waals surface area (Å²) in [5.41, 5.74) is 3.35. The van der Waals surface area contributed by atoms with Gasteiger partial charge in [-0.3, -0.25) is 4.79 Å². The van der Waals surface area contributed by atoms with Crippen LogP contribution in [0.15, 0.2) is 29.3 Å². The number of pyridine rings is 1. The molecule has 0 spiro atoms. The fourth-order valence-electron chi connectivity index (χ4n) is 3.25. The number of nitriles is 1. The molecule has 5 nitrogen and oxygen atoms in total. The van der Waals surface area contributed by atoms with E-state index in [-0.39, 0.29) is 11.7 Å². The first-order valence-corrected chi connectivity index (χ1v) is 10.7. The molecule has 1 N–H and O–H groups in total. The minimum atomic E-state index is -0.192. The number of thioether (sulfide) groups is 1. The third-order valence-electron chi connectivity index (χ3n) is 4.66. The van der Waals surface area contributed by atoms with E-state index in [0.717, 1.165) is 31.4 Å². The van der Waals surface area contributed by atoms with Crippen LogP contribution in [0.2, 0.25) is 5.02 Å². The standard InChI is InChI=1S/C21H22ClN3O2S/c1-27-19-11-16(22)8-9-18(19)24-20(26)13-28-21-15(12-23)10-14-6-4-2-3-5-7-17(14)25-21/h8-11H,2-7,13H2,1H3,(H,24,26). The summed E-state index contributed by atoms with van der Waals surface area (Å²) in [5, 5.41) is 13.5. The largest absolute Gasteiger partial charge is 0.495 e. The summed E-state index contributed by atoms with van der Waals surface area (Å²) < 4.78 is 5.25. The Bertz CT molecular complexity index is 911. The number of nitrogens with zero attached hydrogens (tertiary/aromatic N) is 2. The van der Waals surface area contributed by atoms with E-state index in [9.17, 15) is 10.1 Å². The number of fused-ring (bicyclic) bond motifs is 1. The number of benzene rings is 1. The van der Waals surface area contributed by atoms with Gasteiger partial charge in [0.05, 0.1) is 24.1 Å². The molecule has 0 bridgehead atoms. The number of aromatic nitrogens is 1. The highest BCUT2D eigenvalue weighted by atomic mass is 35.5. The van der Waals surface area contributed by atoms with Crippen LogP contribution in [-0.4, -0.2) is 23.8 Å². The molecule has 0 saturated heterocycles. The van der Waals surface area contributed by atoms with Crippen molar-refractivity contribution in [1.82, 2.24) is 4.98 Å². The van der Waals surface area contributed by atoms with E-state index < -0.39 is 0 Å². The van der Waals surface area contributed by atoms with Crippen LogP contribution in [0, 0.1) is 11.3 Å². The van der Waals surface area contributed by atoms with Crippen molar-refractivity contribution >= 4 is 35.0 Å². The zero-order chi connectivity index (χ0) is 19.9. The molecule has 3 rings (SSSR count). The van der Waals surface area contributed by atoms with E-state index in [1.165, 1.54) is 37.3 Å². The molecule has 1 aliphatic rings. The molecule has 0 radical (unpaired) electrons. The predicted octanol–water partition coefficient (Wildman–Crippen LogP) is 5.01. The van der Waals surface area contributed by atoms with Crippen molar-refractivity contribution in [3.05, 3.63) is 46.1 Å². The lowest BCUT2D eigenvalue weighted by Crippen LogP contribution is -2.15. The smallest absolute Gasteiger partial charge is 0.234 e. The Hall–Kier alpha value is -2.23. The third-order valence-corrected chi connectivity index (χ3v) is 5.89. The molecule has 0 saturated carbocycles. The highest BCUT2D eigenvalue weighted by molar-refractivity contribution is 8.00. The maximum Gasteiger partial charge on any atom is 0.234 e. The number of ether oxygens (including phenoxy) is 1. The highest BCUT2D eigenvalue weighted by Crippen LogP contribution is 2.29. The molecule has 2 aromatic rings. The van der Waals surface area contributed by atoms with E-state index in [1.807, 2.05) is 6.07 Å². The Kier molecular flexibility index (Phi) is 7.18. The minimum absolute atomic E-state index is 0.159. The number of hydrogen-bond acceptors (Lipinski definition) is 5. The van der Waals surface area contributed by atoms with Gasteiger partial charge >= 0.3 is 0 Å². The van der Waals surface area contributed by atoms with Crippen molar-refractivity contribution in [3.8, 4) is 11.8 Å². The van der Waals surface area contributed by atoms with Gasteiger partial charge in [-0.05, 0) is 49.4 Å². The van der Waals surface area contributed by atoms with Crippen LogP contribution in [0.5, 0.6) is 5.75 Å². The third kappa shape index (κ3) is 5.18. The Morgan fingerprint density at radius 3 is 2.82 bits per heavy atom. The summed E-state index contributed by atoms with van der Waals surface area (Å²) in [5.74, 6) is 0.470. The predicted molar refractivity (Wildman–Crippen MR) is 112 cm³/mol. The summed E-state index contributed by atoms with van der Waals surface area (Å²) in [6.45, 7) is 0. The number of amides is 1. The van der Waals surface area contributed by atoms with Gasteiger partial charge in [0.15, 0.2) is 0 Å². The molecule has 1 heterocycles. The molecule has 0 atom stereocenters. The SMILES string of the molecule is COc1cc(Cl)ccc1NC(=O)CSc1nc2c(cc1C#N)CCCCCC2. The average molecular weight is 416 g/mol. The van der Waals surface area contributed by atoms with Crippen LogP contribution in [-0.2, 0) is 17.6 Å². The van der Waals surface area contributed by atoms with Crippen molar-refractivity contribution in [2.75, 3.05) is 18.2 Å². The van der Waals surface area contributed by atoms with Crippen LogP contribution in [0.3, 0.4) is 0 Å². The lowest BCUT2D eigenvalue weighted by molar-refractivity contribution is -0.113. The van der Waals surface area contributed by atoms with E-state index >= 15 is 0 Å². The monoisotopic (exact) mass is 415 g/mol. The second kappa shape index (κ2) is 9.81. The number of methoxy groups -OCH3 is 1. The molecule has 0 aliphatic heterocycles. The molecule has 7 heteroatoms. The first-order valence-electron chi connectivity index (χ1n) is 9.30. The fraction of sp³-hybridized carbons (Fsp3) is 0.381. The maximum absolute atomic E-state index is 12.4.